The number of alkyl halides is 3. The van der Waals surface area contributed by atoms with E-state index in [1.54, 1.807) is 61.2 Å². The molecule has 4 aromatic rings. The number of aryl methyl sites for hydroxylation is 1. The molecule has 1 atom stereocenters. The summed E-state index contributed by atoms with van der Waals surface area (Å²) in [7, 11) is 0. The number of benzene rings is 2. The van der Waals surface area contributed by atoms with Crippen LogP contribution in [-0.4, -0.2) is 20.3 Å². The second kappa shape index (κ2) is 10.7. The van der Waals surface area contributed by atoms with Crippen molar-refractivity contribution in [3.05, 3.63) is 92.7 Å². The van der Waals surface area contributed by atoms with Crippen molar-refractivity contribution in [1.29, 1.82) is 5.41 Å². The van der Waals surface area contributed by atoms with E-state index in [2.05, 4.69) is 10.4 Å². The van der Waals surface area contributed by atoms with E-state index < -0.39 is 17.8 Å². The van der Waals surface area contributed by atoms with Gasteiger partial charge in [0.25, 0.3) is 5.91 Å². The number of carbonyl (C=O) groups is 1. The number of rotatable bonds is 8. The first-order valence-corrected chi connectivity index (χ1v) is 13.8. The first-order valence-electron chi connectivity index (χ1n) is 13.0. The van der Waals surface area contributed by atoms with Crippen molar-refractivity contribution in [2.45, 2.75) is 58.4 Å². The molecular weight excluding hydrogens is 542 g/mol. The lowest BCUT2D eigenvalue weighted by atomic mass is 9.97. The zero-order chi connectivity index (χ0) is 28.8. The summed E-state index contributed by atoms with van der Waals surface area (Å²) < 4.78 is 58.9. The maximum atomic E-state index is 14.0. The van der Waals surface area contributed by atoms with Gasteiger partial charge in [0.15, 0.2) is 10.5 Å². The summed E-state index contributed by atoms with van der Waals surface area (Å²) in [6.07, 6.45) is 0.212. The summed E-state index contributed by atoms with van der Waals surface area (Å²) in [5, 5.41) is 16.7. The zero-order valence-corrected chi connectivity index (χ0v) is 23.0. The third-order valence-corrected chi connectivity index (χ3v) is 7.77. The number of hydrogen-bond donors (Lipinski definition) is 2. The van der Waals surface area contributed by atoms with Gasteiger partial charge in [0.2, 0.25) is 0 Å². The zero-order valence-electron chi connectivity index (χ0n) is 22.2. The van der Waals surface area contributed by atoms with Crippen molar-refractivity contribution in [2.75, 3.05) is 0 Å². The summed E-state index contributed by atoms with van der Waals surface area (Å²) >= 11 is 1.23. The molecule has 2 N–H and O–H groups in total. The van der Waals surface area contributed by atoms with Gasteiger partial charge in [0.05, 0.1) is 6.04 Å². The number of hydrogen-bond acceptors (Lipinski definition) is 4. The van der Waals surface area contributed by atoms with E-state index in [1.165, 1.54) is 34.3 Å². The van der Waals surface area contributed by atoms with Crippen LogP contribution in [0.5, 0.6) is 0 Å². The van der Waals surface area contributed by atoms with Gasteiger partial charge < -0.3 is 9.88 Å². The number of carbonyl (C=O) groups excluding carboxylic acids is 1. The van der Waals surface area contributed by atoms with Crippen LogP contribution in [0.25, 0.3) is 11.1 Å². The van der Waals surface area contributed by atoms with Crippen LogP contribution in [0.1, 0.15) is 71.5 Å². The third kappa shape index (κ3) is 5.89. The summed E-state index contributed by atoms with van der Waals surface area (Å²) in [5.74, 6) is -0.568. The van der Waals surface area contributed by atoms with Gasteiger partial charge in [-0.25, -0.2) is 4.39 Å². The molecule has 1 fully saturated rings. The van der Waals surface area contributed by atoms with E-state index in [0.717, 1.165) is 18.4 Å². The molecule has 11 heteroatoms. The van der Waals surface area contributed by atoms with E-state index in [9.17, 15) is 22.4 Å². The van der Waals surface area contributed by atoms with Gasteiger partial charge in [-0.2, -0.15) is 18.3 Å². The van der Waals surface area contributed by atoms with Crippen LogP contribution < -0.4 is 10.1 Å². The van der Waals surface area contributed by atoms with Crippen LogP contribution in [0.4, 0.5) is 17.6 Å². The summed E-state index contributed by atoms with van der Waals surface area (Å²) in [6.45, 7) is 5.35. The summed E-state index contributed by atoms with van der Waals surface area (Å²) in [6, 6.07) is 8.82. The predicted octanol–water partition coefficient (Wildman–Crippen LogP) is 6.87. The maximum Gasteiger partial charge on any atom is 0.435 e. The molecule has 5 rings (SSSR count). The van der Waals surface area contributed by atoms with E-state index in [0.29, 0.717) is 11.1 Å². The fraction of sp³-hybridized carbons (Fsp3) is 0.345. The van der Waals surface area contributed by atoms with Gasteiger partial charge in [-0.15, -0.1) is 11.3 Å². The molecule has 1 amide bonds. The first kappa shape index (κ1) is 27.8. The number of aromatic nitrogens is 3. The average molecular weight is 572 g/mol. The van der Waals surface area contributed by atoms with Crippen LogP contribution in [0.3, 0.4) is 0 Å². The molecule has 0 saturated heterocycles. The molecule has 40 heavy (non-hydrogen) atoms. The SMILES string of the molecule is Cc1cc([C@@H](NC(=O)c2cc(Cn3ccsc3=N)cc(-c3cn(C(C)C)nc3C(F)(F)F)c2)C2CC2)ccc1F. The Bertz CT molecular complexity index is 1610. The molecule has 0 unspecified atom stereocenters. The normalized spacial score (nSPS) is 14.5. The molecule has 1 aliphatic rings. The van der Waals surface area contributed by atoms with Crippen molar-refractivity contribution in [3.8, 4) is 11.1 Å². The topological polar surface area (TPSA) is 75.7 Å². The van der Waals surface area contributed by atoms with Crippen molar-refractivity contribution in [2.24, 2.45) is 5.92 Å². The van der Waals surface area contributed by atoms with Gasteiger partial charge in [-0.3, -0.25) is 14.9 Å². The molecule has 2 aromatic carbocycles. The molecule has 0 bridgehead atoms. The van der Waals surface area contributed by atoms with Crippen LogP contribution >= 0.6 is 11.3 Å². The number of nitrogens with zero attached hydrogens (tertiary/aromatic N) is 3. The van der Waals surface area contributed by atoms with Crippen LogP contribution in [-0.2, 0) is 12.7 Å². The lowest BCUT2D eigenvalue weighted by molar-refractivity contribution is -0.141. The van der Waals surface area contributed by atoms with E-state index >= 15 is 0 Å². The van der Waals surface area contributed by atoms with Crippen LogP contribution in [0, 0.1) is 24.1 Å². The fourth-order valence-electron chi connectivity index (χ4n) is 4.76. The molecule has 1 saturated carbocycles. The second-order valence-corrected chi connectivity index (χ2v) is 11.4. The number of nitrogens with one attached hydrogen (secondary N) is 2. The van der Waals surface area contributed by atoms with Crippen LogP contribution in [0.15, 0.2) is 54.2 Å². The van der Waals surface area contributed by atoms with Gasteiger partial charge in [0, 0.05) is 41.5 Å². The summed E-state index contributed by atoms with van der Waals surface area (Å²) in [5.41, 5.74) is 1.11. The number of halogens is 4. The smallest absolute Gasteiger partial charge is 0.345 e. The Morgan fingerprint density at radius 1 is 1.20 bits per heavy atom. The van der Waals surface area contributed by atoms with Crippen molar-refractivity contribution < 1.29 is 22.4 Å². The van der Waals surface area contributed by atoms with Gasteiger partial charge in [0.1, 0.15) is 5.82 Å². The number of thiazole rings is 1. The lowest BCUT2D eigenvalue weighted by Gasteiger charge is -2.20. The Morgan fingerprint density at radius 3 is 2.55 bits per heavy atom. The van der Waals surface area contributed by atoms with Crippen molar-refractivity contribution >= 4 is 17.2 Å². The Hall–Kier alpha value is -3.73. The van der Waals surface area contributed by atoms with Gasteiger partial charge in [-0.05, 0) is 86.1 Å². The highest BCUT2D eigenvalue weighted by molar-refractivity contribution is 7.06. The highest BCUT2D eigenvalue weighted by Gasteiger charge is 2.38. The predicted molar refractivity (Wildman–Crippen MR) is 144 cm³/mol. The van der Waals surface area contributed by atoms with Gasteiger partial charge in [-0.1, -0.05) is 12.1 Å². The highest BCUT2D eigenvalue weighted by Crippen LogP contribution is 2.42. The quantitative estimate of drug-likeness (QED) is 0.227. The molecule has 1 aliphatic carbocycles. The van der Waals surface area contributed by atoms with Crippen molar-refractivity contribution in [3.63, 3.8) is 0 Å². The van der Waals surface area contributed by atoms with E-state index in [4.69, 9.17) is 5.41 Å². The first-order chi connectivity index (χ1) is 18.9. The minimum absolute atomic E-state index is 0.119. The Morgan fingerprint density at radius 2 is 1.95 bits per heavy atom. The Balaban J connectivity index is 1.57. The molecule has 6 nitrogen and oxygen atoms in total. The fourth-order valence-corrected chi connectivity index (χ4v) is 5.36. The minimum atomic E-state index is -4.69. The Kier molecular flexibility index (Phi) is 7.43. The molecule has 210 valence electrons. The van der Waals surface area contributed by atoms with E-state index in [-0.39, 0.29) is 51.9 Å². The molecule has 0 aliphatic heterocycles. The second-order valence-electron chi connectivity index (χ2n) is 10.5. The Labute approximate surface area is 232 Å². The molecule has 2 aromatic heterocycles. The molecule has 0 radical (unpaired) electrons. The maximum absolute atomic E-state index is 14.0. The largest absolute Gasteiger partial charge is 0.435 e. The monoisotopic (exact) mass is 571 g/mol. The minimum Gasteiger partial charge on any atom is -0.345 e. The standard InChI is InChI=1S/C29H29F4N5OS/c1-16(2)38-15-23(26(36-38)29(31,32)33)21-11-18(14-37-8-9-40-28(37)34)12-22(13-21)27(39)35-25(19-4-5-19)20-6-7-24(30)17(3)10-20/h6-13,15-16,19,25,34H,4-5,14H2,1-3H3,(H,35,39)/t25-/m0/s1. The summed E-state index contributed by atoms with van der Waals surface area (Å²) in [4.78, 5) is 13.9. The van der Waals surface area contributed by atoms with Crippen molar-refractivity contribution in [1.82, 2.24) is 19.7 Å². The molecular formula is C29H29F4N5OS. The molecule has 2 heterocycles. The van der Waals surface area contributed by atoms with E-state index in [1.807, 2.05) is 0 Å². The van der Waals surface area contributed by atoms with Crippen LogP contribution in [0.2, 0.25) is 0 Å². The lowest BCUT2D eigenvalue weighted by Crippen LogP contribution is -2.30. The number of amides is 1. The third-order valence-electron chi connectivity index (χ3n) is 7.05. The average Bonchev–Trinajstić information content (AvgIpc) is 3.48. The molecule has 0 spiro atoms. The van der Waals surface area contributed by atoms with Gasteiger partial charge >= 0.3 is 6.18 Å². The highest BCUT2D eigenvalue weighted by atomic mass is 32.1.